The molecule has 98 valence electrons. The predicted octanol–water partition coefficient (Wildman–Crippen LogP) is 0.324. The number of amides is 2. The molecule has 1 aliphatic rings. The highest BCUT2D eigenvalue weighted by Crippen LogP contribution is 2.03. The van der Waals surface area contributed by atoms with Crippen LogP contribution >= 0.6 is 0 Å². The fraction of sp³-hybridized carbons (Fsp3) is 0.818. The molecule has 1 aliphatic heterocycles. The molecule has 1 fully saturated rings. The molecule has 2 amide bonds. The van der Waals surface area contributed by atoms with E-state index in [0.29, 0.717) is 45.7 Å². The van der Waals surface area contributed by atoms with Crippen LogP contribution in [-0.2, 0) is 14.3 Å². The van der Waals surface area contributed by atoms with E-state index in [1.165, 1.54) is 7.11 Å². The van der Waals surface area contributed by atoms with Gasteiger partial charge in [-0.3, -0.25) is 4.79 Å². The summed E-state index contributed by atoms with van der Waals surface area (Å²) in [6, 6.07) is -0.00170. The second-order valence-corrected chi connectivity index (χ2v) is 3.98. The van der Waals surface area contributed by atoms with Crippen LogP contribution in [0, 0.1) is 0 Å². The van der Waals surface area contributed by atoms with Gasteiger partial charge in [0, 0.05) is 33.1 Å². The van der Waals surface area contributed by atoms with E-state index in [4.69, 9.17) is 4.74 Å². The zero-order chi connectivity index (χ0) is 12.7. The minimum atomic E-state index is -0.239. The normalized spacial score (nSPS) is 15.5. The number of rotatable bonds is 4. The summed E-state index contributed by atoms with van der Waals surface area (Å²) in [6.45, 7) is 3.04. The number of urea groups is 1. The van der Waals surface area contributed by atoms with Crippen molar-refractivity contribution in [2.75, 3.05) is 47.0 Å². The Balaban J connectivity index is 2.23. The Morgan fingerprint density at radius 2 is 2.00 bits per heavy atom. The number of hydrogen-bond acceptors (Lipinski definition) is 4. The number of methoxy groups -OCH3 is 1. The van der Waals surface area contributed by atoms with Gasteiger partial charge in [-0.25, -0.2) is 4.79 Å². The number of esters is 1. The molecule has 0 spiro atoms. The molecule has 6 nitrogen and oxygen atoms in total. The highest BCUT2D eigenvalue weighted by molar-refractivity contribution is 5.74. The van der Waals surface area contributed by atoms with Crippen molar-refractivity contribution in [3.63, 3.8) is 0 Å². The Labute approximate surface area is 101 Å². The van der Waals surface area contributed by atoms with E-state index in [1.54, 1.807) is 16.8 Å². The molecule has 0 aromatic rings. The molecule has 0 aromatic carbocycles. The maximum Gasteiger partial charge on any atom is 0.319 e. The molecule has 1 heterocycles. The first-order chi connectivity index (χ1) is 8.15. The predicted molar refractivity (Wildman–Crippen MR) is 61.7 cm³/mol. The number of carbonyl (C=O) groups is 2. The van der Waals surface area contributed by atoms with Crippen molar-refractivity contribution in [1.82, 2.24) is 9.80 Å². The van der Waals surface area contributed by atoms with Gasteiger partial charge in [-0.05, 0) is 6.42 Å². The van der Waals surface area contributed by atoms with Gasteiger partial charge in [0.15, 0.2) is 0 Å². The van der Waals surface area contributed by atoms with Crippen LogP contribution < -0.4 is 0 Å². The minimum Gasteiger partial charge on any atom is -0.469 e. The quantitative estimate of drug-likeness (QED) is 0.668. The molecule has 0 atom stereocenters. The molecule has 0 aromatic heterocycles. The Bertz CT molecular complexity index is 264. The lowest BCUT2D eigenvalue weighted by Gasteiger charge is -2.30. The maximum absolute atomic E-state index is 11.9. The van der Waals surface area contributed by atoms with E-state index in [-0.39, 0.29) is 12.0 Å². The second kappa shape index (κ2) is 7.11. The molecular weight excluding hydrogens is 224 g/mol. The molecule has 0 aliphatic carbocycles. The molecule has 0 saturated carbocycles. The van der Waals surface area contributed by atoms with Gasteiger partial charge in [0.2, 0.25) is 0 Å². The average molecular weight is 244 g/mol. The largest absolute Gasteiger partial charge is 0.469 e. The molecule has 0 N–H and O–H groups in total. The summed E-state index contributed by atoms with van der Waals surface area (Å²) < 4.78 is 9.72. The third-order valence-electron chi connectivity index (χ3n) is 2.71. The summed E-state index contributed by atoms with van der Waals surface area (Å²) >= 11 is 0. The van der Waals surface area contributed by atoms with Gasteiger partial charge in [0.25, 0.3) is 0 Å². The van der Waals surface area contributed by atoms with Crippen LogP contribution in [-0.4, -0.2) is 68.8 Å². The molecule has 0 bridgehead atoms. The highest BCUT2D eigenvalue weighted by atomic mass is 16.5. The molecule has 0 radical (unpaired) electrons. The molecule has 1 rings (SSSR count). The van der Waals surface area contributed by atoms with Crippen LogP contribution in [0.25, 0.3) is 0 Å². The number of ether oxygens (including phenoxy) is 2. The lowest BCUT2D eigenvalue weighted by molar-refractivity contribution is -0.140. The summed E-state index contributed by atoms with van der Waals surface area (Å²) in [5.41, 5.74) is 0. The topological polar surface area (TPSA) is 59.1 Å². The smallest absolute Gasteiger partial charge is 0.319 e. The third kappa shape index (κ3) is 4.60. The van der Waals surface area contributed by atoms with Crippen LogP contribution in [0.3, 0.4) is 0 Å². The molecule has 6 heteroatoms. The molecule has 1 saturated heterocycles. The summed E-state index contributed by atoms with van der Waals surface area (Å²) in [5, 5.41) is 0. The Kier molecular flexibility index (Phi) is 5.76. The first-order valence-electron chi connectivity index (χ1n) is 5.79. The summed E-state index contributed by atoms with van der Waals surface area (Å²) in [4.78, 5) is 26.2. The van der Waals surface area contributed by atoms with Gasteiger partial charge in [-0.1, -0.05) is 0 Å². The van der Waals surface area contributed by atoms with E-state index >= 15 is 0 Å². The SMILES string of the molecule is COC(=O)CCCN(C)C(=O)N1CCOCC1. The van der Waals surface area contributed by atoms with Crippen LogP contribution in [0.5, 0.6) is 0 Å². The number of morpholine rings is 1. The van der Waals surface area contributed by atoms with Crippen LogP contribution in [0.1, 0.15) is 12.8 Å². The van der Waals surface area contributed by atoms with Crippen molar-refractivity contribution in [1.29, 1.82) is 0 Å². The number of nitrogens with zero attached hydrogens (tertiary/aromatic N) is 2. The van der Waals surface area contributed by atoms with Crippen molar-refractivity contribution < 1.29 is 19.1 Å². The standard InChI is InChI=1S/C11H20N2O4/c1-12(5-3-4-10(14)16-2)11(15)13-6-8-17-9-7-13/h3-9H2,1-2H3. The summed E-state index contributed by atoms with van der Waals surface area (Å²) in [6.07, 6.45) is 0.969. The minimum absolute atomic E-state index is 0.00170. The summed E-state index contributed by atoms with van der Waals surface area (Å²) in [7, 11) is 3.11. The number of hydrogen-bond donors (Lipinski definition) is 0. The fourth-order valence-electron chi connectivity index (χ4n) is 1.65. The van der Waals surface area contributed by atoms with Crippen molar-refractivity contribution >= 4 is 12.0 Å². The van der Waals surface area contributed by atoms with E-state index in [0.717, 1.165) is 0 Å². The monoisotopic (exact) mass is 244 g/mol. The average Bonchev–Trinajstić information content (AvgIpc) is 2.38. The van der Waals surface area contributed by atoms with Crippen LogP contribution in [0.15, 0.2) is 0 Å². The van der Waals surface area contributed by atoms with Crippen molar-refractivity contribution in [2.24, 2.45) is 0 Å². The highest BCUT2D eigenvalue weighted by Gasteiger charge is 2.19. The van der Waals surface area contributed by atoms with Gasteiger partial charge in [-0.15, -0.1) is 0 Å². The summed E-state index contributed by atoms with van der Waals surface area (Å²) in [5.74, 6) is -0.239. The fourth-order valence-corrected chi connectivity index (χ4v) is 1.65. The first kappa shape index (κ1) is 13.8. The Morgan fingerprint density at radius 3 is 2.59 bits per heavy atom. The maximum atomic E-state index is 11.9. The Morgan fingerprint density at radius 1 is 1.35 bits per heavy atom. The van der Waals surface area contributed by atoms with E-state index < -0.39 is 0 Å². The number of carbonyl (C=O) groups excluding carboxylic acids is 2. The van der Waals surface area contributed by atoms with Gasteiger partial charge < -0.3 is 19.3 Å². The van der Waals surface area contributed by atoms with Gasteiger partial charge in [-0.2, -0.15) is 0 Å². The molecule has 17 heavy (non-hydrogen) atoms. The van der Waals surface area contributed by atoms with Crippen LogP contribution in [0.4, 0.5) is 4.79 Å². The van der Waals surface area contributed by atoms with E-state index in [2.05, 4.69) is 4.74 Å². The first-order valence-corrected chi connectivity index (χ1v) is 5.79. The zero-order valence-corrected chi connectivity index (χ0v) is 10.5. The van der Waals surface area contributed by atoms with Gasteiger partial charge >= 0.3 is 12.0 Å². The molecule has 0 unspecified atom stereocenters. The molecular formula is C11H20N2O4. The van der Waals surface area contributed by atoms with Crippen LogP contribution in [0.2, 0.25) is 0 Å². The van der Waals surface area contributed by atoms with Gasteiger partial charge in [0.1, 0.15) is 0 Å². The third-order valence-corrected chi connectivity index (χ3v) is 2.71. The lowest BCUT2D eigenvalue weighted by Crippen LogP contribution is -2.47. The van der Waals surface area contributed by atoms with Crippen molar-refractivity contribution in [3.8, 4) is 0 Å². The van der Waals surface area contributed by atoms with E-state index in [1.807, 2.05) is 0 Å². The van der Waals surface area contributed by atoms with Crippen molar-refractivity contribution in [2.45, 2.75) is 12.8 Å². The van der Waals surface area contributed by atoms with Gasteiger partial charge in [0.05, 0.1) is 20.3 Å². The zero-order valence-electron chi connectivity index (χ0n) is 10.5. The lowest BCUT2D eigenvalue weighted by atomic mass is 10.3. The Hall–Kier alpha value is -1.30. The second-order valence-electron chi connectivity index (χ2n) is 3.98. The van der Waals surface area contributed by atoms with E-state index in [9.17, 15) is 9.59 Å². The van der Waals surface area contributed by atoms with Crippen molar-refractivity contribution in [3.05, 3.63) is 0 Å².